The van der Waals surface area contributed by atoms with E-state index in [0.717, 1.165) is 31.7 Å². The second kappa shape index (κ2) is 8.60. The third-order valence-electron chi connectivity index (χ3n) is 4.94. The van der Waals surface area contributed by atoms with Gasteiger partial charge >= 0.3 is 0 Å². The van der Waals surface area contributed by atoms with Crippen LogP contribution in [0.5, 0.6) is 0 Å². The summed E-state index contributed by atoms with van der Waals surface area (Å²) in [5, 5.41) is 6.78. The van der Waals surface area contributed by atoms with E-state index in [1.54, 1.807) is 6.20 Å². The van der Waals surface area contributed by atoms with Gasteiger partial charge in [-0.2, -0.15) is 5.10 Å². The first kappa shape index (κ1) is 17.4. The molecule has 0 bridgehead atoms. The first-order valence-corrected chi connectivity index (χ1v) is 9.43. The van der Waals surface area contributed by atoms with Gasteiger partial charge < -0.3 is 0 Å². The summed E-state index contributed by atoms with van der Waals surface area (Å²) in [5.74, 6) is 0. The van der Waals surface area contributed by atoms with Gasteiger partial charge in [0.05, 0.1) is 12.3 Å². The highest BCUT2D eigenvalue weighted by atomic mass is 15.5. The lowest BCUT2D eigenvalue weighted by atomic mass is 9.96. The average Bonchev–Trinajstić information content (AvgIpc) is 2.76. The molecule has 27 heavy (non-hydrogen) atoms. The van der Waals surface area contributed by atoms with Gasteiger partial charge in [-0.3, -0.25) is 14.9 Å². The Balaban J connectivity index is 1.47. The van der Waals surface area contributed by atoms with E-state index in [2.05, 4.69) is 80.7 Å². The van der Waals surface area contributed by atoms with Gasteiger partial charge in [0.15, 0.2) is 0 Å². The molecule has 1 aromatic heterocycles. The smallest absolute Gasteiger partial charge is 0.0603 e. The van der Waals surface area contributed by atoms with Gasteiger partial charge in [-0.05, 0) is 17.2 Å². The molecule has 4 heteroatoms. The van der Waals surface area contributed by atoms with Crippen LogP contribution >= 0.6 is 0 Å². The largest absolute Gasteiger partial charge is 0.294 e. The minimum absolute atomic E-state index is 0.289. The van der Waals surface area contributed by atoms with E-state index in [9.17, 15) is 0 Å². The van der Waals surface area contributed by atoms with Crippen LogP contribution in [0, 0.1) is 0 Å². The molecule has 0 N–H and O–H groups in total. The van der Waals surface area contributed by atoms with E-state index >= 15 is 0 Å². The van der Waals surface area contributed by atoms with Crippen molar-refractivity contribution in [2.45, 2.75) is 6.04 Å². The minimum Gasteiger partial charge on any atom is -0.294 e. The molecule has 2 heterocycles. The van der Waals surface area contributed by atoms with Gasteiger partial charge in [0.25, 0.3) is 0 Å². The summed E-state index contributed by atoms with van der Waals surface area (Å²) >= 11 is 0. The van der Waals surface area contributed by atoms with Crippen molar-refractivity contribution in [3.05, 3.63) is 102 Å². The van der Waals surface area contributed by atoms with Crippen LogP contribution in [0.4, 0.5) is 0 Å². The van der Waals surface area contributed by atoms with Crippen molar-refractivity contribution in [3.63, 3.8) is 0 Å². The molecule has 0 atom stereocenters. The molecule has 1 aliphatic heterocycles. The Morgan fingerprint density at radius 3 is 1.96 bits per heavy atom. The Morgan fingerprint density at radius 1 is 0.778 bits per heavy atom. The van der Waals surface area contributed by atoms with Gasteiger partial charge in [-0.25, -0.2) is 0 Å². The third kappa shape index (κ3) is 4.41. The van der Waals surface area contributed by atoms with Gasteiger partial charge in [0.2, 0.25) is 0 Å². The molecule has 2 aromatic carbocycles. The zero-order valence-corrected chi connectivity index (χ0v) is 15.4. The maximum atomic E-state index is 4.63. The maximum absolute atomic E-state index is 4.63. The highest BCUT2D eigenvalue weighted by Gasteiger charge is 2.25. The molecule has 1 saturated heterocycles. The van der Waals surface area contributed by atoms with E-state index in [4.69, 9.17) is 0 Å². The third-order valence-corrected chi connectivity index (χ3v) is 4.94. The Morgan fingerprint density at radius 2 is 1.41 bits per heavy atom. The highest BCUT2D eigenvalue weighted by Crippen LogP contribution is 2.29. The fourth-order valence-corrected chi connectivity index (χ4v) is 3.57. The fourth-order valence-electron chi connectivity index (χ4n) is 3.57. The number of benzene rings is 2. The lowest BCUT2D eigenvalue weighted by Gasteiger charge is -2.38. The number of hydrogen-bond acceptors (Lipinski definition) is 4. The molecule has 3 aromatic rings. The molecule has 0 saturated carbocycles. The van der Waals surface area contributed by atoms with Crippen molar-refractivity contribution in [1.29, 1.82) is 0 Å². The monoisotopic (exact) mass is 356 g/mol. The number of rotatable bonds is 5. The molecule has 136 valence electrons. The van der Waals surface area contributed by atoms with Crippen LogP contribution in [0.1, 0.15) is 22.7 Å². The summed E-state index contributed by atoms with van der Waals surface area (Å²) in [6.07, 6.45) is 5.51. The lowest BCUT2D eigenvalue weighted by Crippen LogP contribution is -2.45. The summed E-state index contributed by atoms with van der Waals surface area (Å²) in [4.78, 5) is 6.69. The highest BCUT2D eigenvalue weighted by molar-refractivity contribution is 5.78. The summed E-state index contributed by atoms with van der Waals surface area (Å²) < 4.78 is 0. The SMILES string of the molecule is C(=NN1CCN(C(c2ccccc2)c2ccccc2)CC1)c1cccnc1. The molecule has 1 aliphatic rings. The van der Waals surface area contributed by atoms with Crippen LogP contribution < -0.4 is 0 Å². The quantitative estimate of drug-likeness (QED) is 0.651. The Labute approximate surface area is 160 Å². The number of aromatic nitrogens is 1. The number of hydrazone groups is 1. The van der Waals surface area contributed by atoms with Crippen molar-refractivity contribution >= 4 is 6.21 Å². The zero-order valence-electron chi connectivity index (χ0n) is 15.4. The molecule has 4 nitrogen and oxygen atoms in total. The number of hydrogen-bond donors (Lipinski definition) is 0. The fraction of sp³-hybridized carbons (Fsp3) is 0.217. The number of piperazine rings is 1. The molecule has 4 rings (SSSR count). The second-order valence-electron chi connectivity index (χ2n) is 6.74. The van der Waals surface area contributed by atoms with Crippen molar-refractivity contribution < 1.29 is 0 Å². The zero-order chi connectivity index (χ0) is 18.3. The first-order valence-electron chi connectivity index (χ1n) is 9.43. The molecular weight excluding hydrogens is 332 g/mol. The number of nitrogens with zero attached hydrogens (tertiary/aromatic N) is 4. The average molecular weight is 356 g/mol. The van der Waals surface area contributed by atoms with E-state index in [1.807, 2.05) is 24.5 Å². The molecule has 0 amide bonds. The van der Waals surface area contributed by atoms with E-state index in [-0.39, 0.29) is 6.04 Å². The van der Waals surface area contributed by atoms with Gasteiger partial charge in [0, 0.05) is 44.1 Å². The van der Waals surface area contributed by atoms with Crippen LogP contribution in [0.15, 0.2) is 90.3 Å². The van der Waals surface area contributed by atoms with Gasteiger partial charge in [-0.15, -0.1) is 0 Å². The van der Waals surface area contributed by atoms with Crippen LogP contribution in [-0.4, -0.2) is 47.3 Å². The second-order valence-corrected chi connectivity index (χ2v) is 6.74. The van der Waals surface area contributed by atoms with Crippen LogP contribution in [-0.2, 0) is 0 Å². The van der Waals surface area contributed by atoms with Crippen LogP contribution in [0.25, 0.3) is 0 Å². The molecule has 1 fully saturated rings. The molecular formula is C23H24N4. The summed E-state index contributed by atoms with van der Waals surface area (Å²) in [7, 11) is 0. The van der Waals surface area contributed by atoms with Crippen molar-refractivity contribution in [2.24, 2.45) is 5.10 Å². The van der Waals surface area contributed by atoms with Crippen LogP contribution in [0.2, 0.25) is 0 Å². The molecule has 0 aliphatic carbocycles. The predicted octanol–water partition coefficient (Wildman–Crippen LogP) is 3.82. The standard InChI is InChI=1S/C23H24N4/c1-3-9-21(10-4-1)23(22-11-5-2-6-12-22)26-14-16-27(17-15-26)25-19-20-8-7-13-24-18-20/h1-13,18-19,23H,14-17H2. The molecule has 0 radical (unpaired) electrons. The van der Waals surface area contributed by atoms with Gasteiger partial charge in [-0.1, -0.05) is 66.7 Å². The van der Waals surface area contributed by atoms with Crippen LogP contribution in [0.3, 0.4) is 0 Å². The maximum Gasteiger partial charge on any atom is 0.0603 e. The van der Waals surface area contributed by atoms with E-state index in [1.165, 1.54) is 11.1 Å². The lowest BCUT2D eigenvalue weighted by molar-refractivity contribution is 0.113. The first-order chi connectivity index (χ1) is 13.4. The summed E-state index contributed by atoms with van der Waals surface area (Å²) in [6.45, 7) is 3.82. The minimum atomic E-state index is 0.289. The van der Waals surface area contributed by atoms with E-state index in [0.29, 0.717) is 0 Å². The van der Waals surface area contributed by atoms with Gasteiger partial charge in [0.1, 0.15) is 0 Å². The number of pyridine rings is 1. The normalized spacial score (nSPS) is 15.5. The topological polar surface area (TPSA) is 31.7 Å². The Bertz CT molecular complexity index is 802. The molecule has 0 spiro atoms. The van der Waals surface area contributed by atoms with Crippen molar-refractivity contribution in [2.75, 3.05) is 26.2 Å². The predicted molar refractivity (Wildman–Crippen MR) is 110 cm³/mol. The summed E-state index contributed by atoms with van der Waals surface area (Å²) in [6, 6.07) is 25.8. The van der Waals surface area contributed by atoms with Crippen molar-refractivity contribution in [3.8, 4) is 0 Å². The molecule has 0 unspecified atom stereocenters. The Kier molecular flexibility index (Phi) is 5.56. The van der Waals surface area contributed by atoms with E-state index < -0.39 is 0 Å². The van der Waals surface area contributed by atoms with Crippen molar-refractivity contribution in [1.82, 2.24) is 14.9 Å². The Hall–Kier alpha value is -2.98. The summed E-state index contributed by atoms with van der Waals surface area (Å²) in [5.41, 5.74) is 3.72.